The molecule has 0 aliphatic heterocycles. The predicted octanol–water partition coefficient (Wildman–Crippen LogP) is 3.46. The fourth-order valence-corrected chi connectivity index (χ4v) is 4.60. The van der Waals surface area contributed by atoms with Gasteiger partial charge in [0.05, 0.1) is 17.7 Å². The fraction of sp³-hybridized carbons (Fsp3) is 0.333. The van der Waals surface area contributed by atoms with Gasteiger partial charge in [-0.3, -0.25) is 0 Å². The SMILES string of the molecule is CN(Cc1ccco1)S(=O)(=O)c1ccc2[nH]c3c(c2c1)CCCC3. The molecule has 1 N–H and O–H groups in total. The fourth-order valence-electron chi connectivity index (χ4n) is 3.43. The minimum Gasteiger partial charge on any atom is -0.468 e. The summed E-state index contributed by atoms with van der Waals surface area (Å²) in [5, 5.41) is 1.04. The maximum Gasteiger partial charge on any atom is 0.243 e. The normalized spacial score (nSPS) is 15.1. The number of hydrogen-bond acceptors (Lipinski definition) is 3. The van der Waals surface area contributed by atoms with Crippen LogP contribution in [0.3, 0.4) is 0 Å². The first-order valence-electron chi connectivity index (χ1n) is 8.18. The molecule has 1 aromatic carbocycles. The Morgan fingerprint density at radius 3 is 2.83 bits per heavy atom. The summed E-state index contributed by atoms with van der Waals surface area (Å²) in [4.78, 5) is 3.77. The molecule has 1 aliphatic rings. The summed E-state index contributed by atoms with van der Waals surface area (Å²) in [5.74, 6) is 0.626. The van der Waals surface area contributed by atoms with Gasteiger partial charge in [-0.25, -0.2) is 8.42 Å². The molecule has 2 aromatic heterocycles. The topological polar surface area (TPSA) is 66.3 Å². The lowest BCUT2D eigenvalue weighted by Gasteiger charge is -2.16. The number of nitrogens with zero attached hydrogens (tertiary/aromatic N) is 1. The van der Waals surface area contributed by atoms with Crippen LogP contribution < -0.4 is 0 Å². The maximum atomic E-state index is 12.9. The summed E-state index contributed by atoms with van der Waals surface area (Å²) in [6.45, 7) is 0.221. The summed E-state index contributed by atoms with van der Waals surface area (Å²) in [7, 11) is -1.97. The van der Waals surface area contributed by atoms with Crippen LogP contribution in [0.2, 0.25) is 0 Å². The number of H-pyrrole nitrogens is 1. The van der Waals surface area contributed by atoms with Gasteiger partial charge in [0.25, 0.3) is 0 Å². The Balaban J connectivity index is 1.72. The summed E-state index contributed by atoms with van der Waals surface area (Å²) in [6, 6.07) is 8.90. The average molecular weight is 344 g/mol. The van der Waals surface area contributed by atoms with Crippen LogP contribution >= 0.6 is 0 Å². The largest absolute Gasteiger partial charge is 0.468 e. The van der Waals surface area contributed by atoms with Gasteiger partial charge in [-0.2, -0.15) is 4.31 Å². The molecule has 0 spiro atoms. The van der Waals surface area contributed by atoms with Crippen LogP contribution in [0, 0.1) is 0 Å². The Kier molecular flexibility index (Phi) is 3.73. The Hall–Kier alpha value is -2.05. The van der Waals surface area contributed by atoms with Gasteiger partial charge in [-0.15, -0.1) is 0 Å². The van der Waals surface area contributed by atoms with Crippen LogP contribution in [-0.4, -0.2) is 24.8 Å². The number of aromatic amines is 1. The smallest absolute Gasteiger partial charge is 0.243 e. The first-order chi connectivity index (χ1) is 11.6. The van der Waals surface area contributed by atoms with E-state index in [1.54, 1.807) is 31.5 Å². The molecule has 126 valence electrons. The van der Waals surface area contributed by atoms with Crippen molar-refractivity contribution in [3.63, 3.8) is 0 Å². The molecule has 0 radical (unpaired) electrons. The van der Waals surface area contributed by atoms with E-state index in [1.165, 1.54) is 22.0 Å². The molecule has 0 fully saturated rings. The van der Waals surface area contributed by atoms with E-state index in [2.05, 4.69) is 4.98 Å². The molecule has 24 heavy (non-hydrogen) atoms. The third kappa shape index (κ3) is 2.56. The molecular formula is C18H20N2O3S. The Labute approximate surface area is 141 Å². The highest BCUT2D eigenvalue weighted by molar-refractivity contribution is 7.89. The van der Waals surface area contributed by atoms with Crippen molar-refractivity contribution in [3.05, 3.63) is 53.6 Å². The predicted molar refractivity (Wildman–Crippen MR) is 92.3 cm³/mol. The number of rotatable bonds is 4. The van der Waals surface area contributed by atoms with E-state index in [0.717, 1.165) is 30.2 Å². The van der Waals surface area contributed by atoms with Crippen molar-refractivity contribution in [3.8, 4) is 0 Å². The minimum absolute atomic E-state index is 0.221. The number of hydrogen-bond donors (Lipinski definition) is 1. The van der Waals surface area contributed by atoms with E-state index in [4.69, 9.17) is 4.42 Å². The molecule has 6 heteroatoms. The third-order valence-electron chi connectivity index (χ3n) is 4.74. The summed E-state index contributed by atoms with van der Waals surface area (Å²) in [6.07, 6.45) is 5.96. The molecular weight excluding hydrogens is 324 g/mol. The number of sulfonamides is 1. The number of fused-ring (bicyclic) bond motifs is 3. The van der Waals surface area contributed by atoms with Crippen LogP contribution in [0.25, 0.3) is 10.9 Å². The van der Waals surface area contributed by atoms with Gasteiger partial charge in [0, 0.05) is 23.6 Å². The van der Waals surface area contributed by atoms with Gasteiger partial charge in [-0.1, -0.05) is 0 Å². The Morgan fingerprint density at radius 1 is 1.21 bits per heavy atom. The lowest BCUT2D eigenvalue weighted by molar-refractivity contribution is 0.406. The standard InChI is InChI=1S/C18H20N2O3S/c1-20(12-13-5-4-10-23-13)24(21,22)14-8-9-18-16(11-14)15-6-2-3-7-17(15)19-18/h4-5,8-11,19H,2-3,6-7,12H2,1H3. The van der Waals surface area contributed by atoms with Crippen molar-refractivity contribution in [2.45, 2.75) is 37.1 Å². The molecule has 2 heterocycles. The second-order valence-corrected chi connectivity index (χ2v) is 8.38. The van der Waals surface area contributed by atoms with Crippen molar-refractivity contribution < 1.29 is 12.8 Å². The molecule has 0 saturated heterocycles. The first-order valence-corrected chi connectivity index (χ1v) is 9.62. The monoisotopic (exact) mass is 344 g/mol. The van der Waals surface area contributed by atoms with E-state index in [1.807, 2.05) is 12.1 Å². The van der Waals surface area contributed by atoms with Crippen LogP contribution in [0.1, 0.15) is 29.9 Å². The molecule has 0 atom stereocenters. The summed E-state index contributed by atoms with van der Waals surface area (Å²) < 4.78 is 32.3. The van der Waals surface area contributed by atoms with Crippen molar-refractivity contribution in [1.29, 1.82) is 0 Å². The van der Waals surface area contributed by atoms with Crippen LogP contribution in [0.15, 0.2) is 45.9 Å². The van der Waals surface area contributed by atoms with Crippen molar-refractivity contribution in [2.75, 3.05) is 7.05 Å². The number of aryl methyl sites for hydroxylation is 2. The Bertz CT molecular complexity index is 971. The third-order valence-corrected chi connectivity index (χ3v) is 6.54. The van der Waals surface area contributed by atoms with Gasteiger partial charge in [0.1, 0.15) is 5.76 Å². The molecule has 0 amide bonds. The molecule has 5 nitrogen and oxygen atoms in total. The zero-order valence-electron chi connectivity index (χ0n) is 13.6. The lowest BCUT2D eigenvalue weighted by atomic mass is 9.96. The molecule has 1 aliphatic carbocycles. The zero-order chi connectivity index (χ0) is 16.7. The number of benzene rings is 1. The summed E-state index contributed by atoms with van der Waals surface area (Å²) in [5.41, 5.74) is 3.56. The van der Waals surface area contributed by atoms with E-state index in [9.17, 15) is 8.42 Å². The average Bonchev–Trinajstić information content (AvgIpc) is 3.21. The van der Waals surface area contributed by atoms with Gasteiger partial charge >= 0.3 is 0 Å². The highest BCUT2D eigenvalue weighted by Crippen LogP contribution is 2.31. The number of furan rings is 1. The van der Waals surface area contributed by atoms with Crippen LogP contribution in [0.4, 0.5) is 0 Å². The Morgan fingerprint density at radius 2 is 2.04 bits per heavy atom. The number of aromatic nitrogens is 1. The maximum absolute atomic E-state index is 12.9. The van der Waals surface area contributed by atoms with Gasteiger partial charge in [0.15, 0.2) is 0 Å². The minimum atomic E-state index is -3.55. The molecule has 3 aromatic rings. The second-order valence-electron chi connectivity index (χ2n) is 6.34. The van der Waals surface area contributed by atoms with Crippen molar-refractivity contribution in [1.82, 2.24) is 9.29 Å². The zero-order valence-corrected chi connectivity index (χ0v) is 14.4. The van der Waals surface area contributed by atoms with E-state index < -0.39 is 10.0 Å². The van der Waals surface area contributed by atoms with Gasteiger partial charge in [0.2, 0.25) is 10.0 Å². The van der Waals surface area contributed by atoms with Gasteiger partial charge < -0.3 is 9.40 Å². The molecule has 0 unspecified atom stereocenters. The highest BCUT2D eigenvalue weighted by atomic mass is 32.2. The van der Waals surface area contributed by atoms with Crippen molar-refractivity contribution in [2.24, 2.45) is 0 Å². The van der Waals surface area contributed by atoms with Crippen LogP contribution in [0.5, 0.6) is 0 Å². The lowest BCUT2D eigenvalue weighted by Crippen LogP contribution is -2.26. The molecule has 0 bridgehead atoms. The second kappa shape index (κ2) is 5.79. The summed E-state index contributed by atoms with van der Waals surface area (Å²) >= 11 is 0. The van der Waals surface area contributed by atoms with E-state index in [0.29, 0.717) is 10.7 Å². The van der Waals surface area contributed by atoms with E-state index in [-0.39, 0.29) is 6.54 Å². The molecule has 0 saturated carbocycles. The quantitative estimate of drug-likeness (QED) is 0.788. The first kappa shape index (κ1) is 15.5. The molecule has 4 rings (SSSR count). The van der Waals surface area contributed by atoms with Crippen molar-refractivity contribution >= 4 is 20.9 Å². The number of nitrogens with one attached hydrogen (secondary N) is 1. The highest BCUT2D eigenvalue weighted by Gasteiger charge is 2.24. The van der Waals surface area contributed by atoms with E-state index >= 15 is 0 Å². The van der Waals surface area contributed by atoms with Crippen LogP contribution in [-0.2, 0) is 29.4 Å². The van der Waals surface area contributed by atoms with Gasteiger partial charge in [-0.05, 0) is 61.6 Å².